The number of carbonyl (C=O) groups is 1. The second-order valence-corrected chi connectivity index (χ2v) is 11.6. The van der Waals surface area contributed by atoms with Gasteiger partial charge in [0, 0.05) is 12.6 Å². The molecule has 0 bridgehead atoms. The van der Waals surface area contributed by atoms with E-state index in [1.54, 1.807) is 0 Å². The maximum Gasteiger partial charge on any atom is 0.310 e. The van der Waals surface area contributed by atoms with Gasteiger partial charge in [0.2, 0.25) is 0 Å². The number of fused-ring (bicyclic) bond motifs is 1. The van der Waals surface area contributed by atoms with Crippen LogP contribution in [0.15, 0.2) is 4.99 Å². The first-order chi connectivity index (χ1) is 19.4. The monoisotopic (exact) mass is 556 g/mol. The molecule has 0 aliphatic carbocycles. The Morgan fingerprint density at radius 2 is 1.73 bits per heavy atom. The third kappa shape index (κ3) is 10.8. The number of anilines is 1. The number of nitrogens with zero attached hydrogens (tertiary/aromatic N) is 3. The lowest BCUT2D eigenvalue weighted by atomic mass is 9.95. The molecule has 3 rings (SSSR count). The Bertz CT molecular complexity index is 995. The molecule has 3 heterocycles. The van der Waals surface area contributed by atoms with E-state index in [4.69, 9.17) is 21.6 Å². The molecule has 1 aromatic heterocycles. The molecule has 3 atom stereocenters. The van der Waals surface area contributed by atoms with Crippen LogP contribution in [0.2, 0.25) is 0 Å². The number of hydrogen-bond acceptors (Lipinski definition) is 7. The van der Waals surface area contributed by atoms with Gasteiger partial charge < -0.3 is 15.2 Å². The van der Waals surface area contributed by atoms with Gasteiger partial charge in [-0.3, -0.25) is 9.79 Å². The maximum atomic E-state index is 13.5. The first-order valence-corrected chi connectivity index (χ1v) is 15.6. The number of nitrogens with two attached hydrogens (primary N) is 1. The number of rotatable bonds is 18. The third-order valence-corrected chi connectivity index (χ3v) is 8.16. The standard InChI is InChI=1S/C32H49FN4O3/c1-3-5-6-7-8-9-10-11-12-13-14-15-16-17-28(38)39-24-32(4-2)21-20-26(40-32)22-25-18-19-27-29(35-23-25)30(34)37-31(33)36-27/h2,23,25-26H,3,5-22,24H2,1H3,(H2,34,36,37)/t25?,26-,32+/m1/s1. The first kappa shape index (κ1) is 32.0. The third-order valence-electron chi connectivity index (χ3n) is 8.16. The van der Waals surface area contributed by atoms with Crippen molar-refractivity contribution >= 4 is 23.7 Å². The van der Waals surface area contributed by atoms with Crippen LogP contribution in [0.3, 0.4) is 0 Å². The fourth-order valence-electron chi connectivity index (χ4n) is 5.70. The molecule has 0 aromatic carbocycles. The topological polar surface area (TPSA) is 99.7 Å². The van der Waals surface area contributed by atoms with Gasteiger partial charge in [0.1, 0.15) is 12.3 Å². The van der Waals surface area contributed by atoms with E-state index in [9.17, 15) is 9.18 Å². The minimum atomic E-state index is -0.875. The summed E-state index contributed by atoms with van der Waals surface area (Å²) in [5, 5.41) is 0. The van der Waals surface area contributed by atoms with Gasteiger partial charge in [-0.05, 0) is 44.4 Å². The quantitative estimate of drug-likeness (QED) is 0.0873. The van der Waals surface area contributed by atoms with Crippen molar-refractivity contribution in [2.45, 2.75) is 141 Å². The van der Waals surface area contributed by atoms with Crippen LogP contribution in [-0.4, -0.2) is 40.5 Å². The molecule has 1 aromatic rings. The van der Waals surface area contributed by atoms with Gasteiger partial charge in [-0.15, -0.1) is 6.42 Å². The van der Waals surface area contributed by atoms with Crippen LogP contribution in [-0.2, 0) is 20.7 Å². The average Bonchev–Trinajstić information content (AvgIpc) is 3.24. The molecule has 1 fully saturated rings. The molecular formula is C32H49FN4O3. The number of halogens is 1. The molecule has 1 saturated heterocycles. The number of unbranched alkanes of at least 4 members (excludes halogenated alkanes) is 12. The second-order valence-electron chi connectivity index (χ2n) is 11.6. The molecule has 2 N–H and O–H groups in total. The van der Waals surface area contributed by atoms with Gasteiger partial charge in [0.05, 0.1) is 11.8 Å². The van der Waals surface area contributed by atoms with Crippen LogP contribution in [0.25, 0.3) is 0 Å². The number of terminal acetylenes is 1. The highest BCUT2D eigenvalue weighted by molar-refractivity contribution is 5.73. The van der Waals surface area contributed by atoms with Crippen LogP contribution in [0.5, 0.6) is 0 Å². The molecule has 0 spiro atoms. The fourth-order valence-corrected chi connectivity index (χ4v) is 5.70. The predicted molar refractivity (Wildman–Crippen MR) is 158 cm³/mol. The number of nitrogen functional groups attached to an aromatic ring is 1. The average molecular weight is 557 g/mol. The van der Waals surface area contributed by atoms with Crippen molar-refractivity contribution in [1.82, 2.24) is 9.97 Å². The van der Waals surface area contributed by atoms with Crippen molar-refractivity contribution in [3.05, 3.63) is 11.8 Å². The van der Waals surface area contributed by atoms with E-state index in [2.05, 4.69) is 27.8 Å². The molecular weight excluding hydrogens is 507 g/mol. The van der Waals surface area contributed by atoms with Crippen LogP contribution in [0.4, 0.5) is 15.9 Å². The van der Waals surface area contributed by atoms with E-state index in [1.165, 1.54) is 70.6 Å². The number of ether oxygens (including phenoxy) is 2. The van der Waals surface area contributed by atoms with Gasteiger partial charge in [-0.25, -0.2) is 4.98 Å². The zero-order valence-electron chi connectivity index (χ0n) is 24.5. The van der Waals surface area contributed by atoms with Gasteiger partial charge >= 0.3 is 12.0 Å². The zero-order chi connectivity index (χ0) is 28.6. The van der Waals surface area contributed by atoms with Crippen LogP contribution in [0.1, 0.15) is 128 Å². The molecule has 222 valence electrons. The van der Waals surface area contributed by atoms with Crippen molar-refractivity contribution in [2.75, 3.05) is 12.3 Å². The summed E-state index contributed by atoms with van der Waals surface area (Å²) in [4.78, 5) is 24.2. The van der Waals surface area contributed by atoms with Crippen molar-refractivity contribution in [1.29, 1.82) is 0 Å². The van der Waals surface area contributed by atoms with E-state index in [-0.39, 0.29) is 30.4 Å². The molecule has 0 radical (unpaired) electrons. The van der Waals surface area contributed by atoms with Crippen molar-refractivity contribution < 1.29 is 18.7 Å². The lowest BCUT2D eigenvalue weighted by molar-refractivity contribution is -0.151. The molecule has 0 saturated carbocycles. The summed E-state index contributed by atoms with van der Waals surface area (Å²) in [5.41, 5.74) is 5.93. The summed E-state index contributed by atoms with van der Waals surface area (Å²) in [6.07, 6.45) is 27.2. The highest BCUT2D eigenvalue weighted by Crippen LogP contribution is 2.36. The van der Waals surface area contributed by atoms with Gasteiger partial charge in [-0.2, -0.15) is 9.37 Å². The van der Waals surface area contributed by atoms with Gasteiger partial charge in [-0.1, -0.05) is 89.9 Å². The van der Waals surface area contributed by atoms with E-state index in [0.717, 1.165) is 32.1 Å². The largest absolute Gasteiger partial charge is 0.462 e. The highest BCUT2D eigenvalue weighted by atomic mass is 19.1. The lowest BCUT2D eigenvalue weighted by Gasteiger charge is -2.24. The Balaban J connectivity index is 1.26. The number of esters is 1. The molecule has 8 heteroatoms. The normalized spacial score (nSPS) is 22.0. The molecule has 7 nitrogen and oxygen atoms in total. The van der Waals surface area contributed by atoms with E-state index in [0.29, 0.717) is 30.6 Å². The van der Waals surface area contributed by atoms with Gasteiger partial charge in [0.15, 0.2) is 11.4 Å². The summed E-state index contributed by atoms with van der Waals surface area (Å²) in [5.74, 6) is 2.72. The van der Waals surface area contributed by atoms with Crippen molar-refractivity contribution in [2.24, 2.45) is 10.9 Å². The van der Waals surface area contributed by atoms with Crippen LogP contribution < -0.4 is 5.73 Å². The van der Waals surface area contributed by atoms with Crippen LogP contribution >= 0.6 is 0 Å². The lowest BCUT2D eigenvalue weighted by Crippen LogP contribution is -2.34. The number of aromatic nitrogens is 2. The maximum absolute atomic E-state index is 13.5. The minimum Gasteiger partial charge on any atom is -0.462 e. The Hall–Kier alpha value is -2.53. The summed E-state index contributed by atoms with van der Waals surface area (Å²) in [6.45, 7) is 2.35. The fraction of sp³-hybridized carbons (Fsp3) is 0.750. The SMILES string of the molecule is C#C[C@@]1(COC(=O)CCCCCCCCCCCCCCC)CC[C@H](CC2C=Nc3c(N)nc(F)nc3CC2)O1. The molecule has 0 amide bonds. The van der Waals surface area contributed by atoms with E-state index < -0.39 is 11.7 Å². The summed E-state index contributed by atoms with van der Waals surface area (Å²) in [7, 11) is 0. The van der Waals surface area contributed by atoms with E-state index in [1.807, 2.05) is 6.21 Å². The number of hydrogen-bond donors (Lipinski definition) is 1. The Morgan fingerprint density at radius 1 is 1.07 bits per heavy atom. The Kier molecular flexibility index (Phi) is 13.9. The molecule has 2 aliphatic rings. The molecule has 40 heavy (non-hydrogen) atoms. The number of aryl methyl sites for hydroxylation is 1. The van der Waals surface area contributed by atoms with Crippen molar-refractivity contribution in [3.8, 4) is 12.3 Å². The number of aliphatic imine (C=N–C) groups is 1. The first-order valence-electron chi connectivity index (χ1n) is 15.6. The smallest absolute Gasteiger partial charge is 0.310 e. The molecule has 2 aliphatic heterocycles. The highest BCUT2D eigenvalue weighted by Gasteiger charge is 2.40. The molecule has 1 unspecified atom stereocenters. The Morgan fingerprint density at radius 3 is 2.38 bits per heavy atom. The van der Waals surface area contributed by atoms with E-state index >= 15 is 0 Å². The second kappa shape index (κ2) is 17.3. The minimum absolute atomic E-state index is 0.0588. The predicted octanol–water partition coefficient (Wildman–Crippen LogP) is 7.43. The Labute approximate surface area is 240 Å². The zero-order valence-corrected chi connectivity index (χ0v) is 24.5. The summed E-state index contributed by atoms with van der Waals surface area (Å²) < 4.78 is 25.3. The summed E-state index contributed by atoms with van der Waals surface area (Å²) in [6, 6.07) is 0. The van der Waals surface area contributed by atoms with Crippen molar-refractivity contribution in [3.63, 3.8) is 0 Å². The van der Waals surface area contributed by atoms with Gasteiger partial charge in [0.25, 0.3) is 0 Å². The summed E-state index contributed by atoms with van der Waals surface area (Å²) >= 11 is 0. The van der Waals surface area contributed by atoms with Crippen LogP contribution in [0, 0.1) is 24.3 Å². The number of carbonyl (C=O) groups excluding carboxylic acids is 1.